The molecule has 0 fully saturated rings. The molecule has 4 N–H and O–H groups in total. The standard InChI is InChI=1S/C20H25ClN2O5.C6H5NO2/c1-4-28-20(25)18-15(11-27-10-9-22)23-12(2)16(19(24)26-3)17(18)13-7-5-6-8-14(13)21;8-6(9)5-2-1-3-7-4-5/h5-8,17,23H,4,9-11,22H2,1-3H3;1-4H,(H,8,9). The van der Waals surface area contributed by atoms with Gasteiger partial charge in [-0.2, -0.15) is 0 Å². The van der Waals surface area contributed by atoms with E-state index in [9.17, 15) is 14.4 Å². The number of esters is 2. The quantitative estimate of drug-likeness (QED) is 0.325. The third kappa shape index (κ3) is 7.88. The first-order valence-corrected chi connectivity index (χ1v) is 11.8. The van der Waals surface area contributed by atoms with Crippen molar-refractivity contribution < 1.29 is 33.7 Å². The number of carboxylic acid groups (broad SMARTS) is 1. The molecule has 10 nitrogen and oxygen atoms in total. The van der Waals surface area contributed by atoms with Crippen LogP contribution < -0.4 is 11.1 Å². The lowest BCUT2D eigenvalue weighted by Crippen LogP contribution is -2.35. The minimum atomic E-state index is -0.942. The summed E-state index contributed by atoms with van der Waals surface area (Å²) < 4.78 is 15.8. The van der Waals surface area contributed by atoms with Gasteiger partial charge in [-0.25, -0.2) is 14.4 Å². The zero-order valence-corrected chi connectivity index (χ0v) is 21.6. The number of rotatable bonds is 9. The average molecular weight is 532 g/mol. The molecule has 198 valence electrons. The van der Waals surface area contributed by atoms with Crippen molar-refractivity contribution in [2.45, 2.75) is 19.8 Å². The van der Waals surface area contributed by atoms with Crippen molar-refractivity contribution in [2.24, 2.45) is 5.73 Å². The Bertz CT molecular complexity index is 1170. The topological polar surface area (TPSA) is 150 Å². The largest absolute Gasteiger partial charge is 0.478 e. The maximum Gasteiger partial charge on any atom is 0.337 e. The van der Waals surface area contributed by atoms with Gasteiger partial charge in [-0.3, -0.25) is 4.98 Å². The Morgan fingerprint density at radius 2 is 1.86 bits per heavy atom. The summed E-state index contributed by atoms with van der Waals surface area (Å²) in [6, 6.07) is 10.1. The van der Waals surface area contributed by atoms with Crippen molar-refractivity contribution in [1.29, 1.82) is 0 Å². The van der Waals surface area contributed by atoms with Gasteiger partial charge in [0.2, 0.25) is 0 Å². The van der Waals surface area contributed by atoms with E-state index in [2.05, 4.69) is 10.3 Å². The highest BCUT2D eigenvalue weighted by Crippen LogP contribution is 2.41. The number of halogens is 1. The molecule has 1 unspecified atom stereocenters. The van der Waals surface area contributed by atoms with Crippen LogP contribution in [0.25, 0.3) is 0 Å². The van der Waals surface area contributed by atoms with Gasteiger partial charge in [0, 0.05) is 29.7 Å². The van der Waals surface area contributed by atoms with Crippen molar-refractivity contribution >= 4 is 29.5 Å². The summed E-state index contributed by atoms with van der Waals surface area (Å²) in [5.74, 6) is -2.81. The van der Waals surface area contributed by atoms with Crippen LogP contribution in [0.4, 0.5) is 0 Å². The van der Waals surface area contributed by atoms with Gasteiger partial charge in [0.15, 0.2) is 0 Å². The average Bonchev–Trinajstić information content (AvgIpc) is 2.89. The molecule has 0 saturated heterocycles. The normalized spacial score (nSPS) is 14.8. The predicted octanol–water partition coefficient (Wildman–Crippen LogP) is 3.05. The number of carbonyl (C=O) groups excluding carboxylic acids is 2. The molecule has 0 amide bonds. The highest BCUT2D eigenvalue weighted by molar-refractivity contribution is 6.31. The summed E-state index contributed by atoms with van der Waals surface area (Å²) in [6.45, 7) is 4.42. The van der Waals surface area contributed by atoms with E-state index in [0.29, 0.717) is 40.7 Å². The molecule has 37 heavy (non-hydrogen) atoms. The van der Waals surface area contributed by atoms with E-state index >= 15 is 0 Å². The Morgan fingerprint density at radius 1 is 1.14 bits per heavy atom. The predicted molar refractivity (Wildman–Crippen MR) is 137 cm³/mol. The summed E-state index contributed by atoms with van der Waals surface area (Å²) >= 11 is 6.42. The number of methoxy groups -OCH3 is 1. The van der Waals surface area contributed by atoms with Crippen molar-refractivity contribution in [3.8, 4) is 0 Å². The van der Waals surface area contributed by atoms with Gasteiger partial charge in [-0.1, -0.05) is 29.8 Å². The summed E-state index contributed by atoms with van der Waals surface area (Å²) in [6.07, 6.45) is 2.84. The zero-order valence-electron chi connectivity index (χ0n) is 20.8. The van der Waals surface area contributed by atoms with Crippen LogP contribution in [0.3, 0.4) is 0 Å². The number of ether oxygens (including phenoxy) is 3. The molecule has 1 aliphatic rings. The number of allylic oxidation sites excluding steroid dienone is 1. The second-order valence-electron chi connectivity index (χ2n) is 7.61. The number of hydrogen-bond acceptors (Lipinski definition) is 9. The van der Waals surface area contributed by atoms with Gasteiger partial charge in [-0.05, 0) is 37.6 Å². The van der Waals surface area contributed by atoms with Crippen LogP contribution in [0, 0.1) is 0 Å². The Balaban J connectivity index is 0.000000449. The van der Waals surface area contributed by atoms with E-state index in [4.69, 9.17) is 36.7 Å². The fourth-order valence-electron chi connectivity index (χ4n) is 3.61. The van der Waals surface area contributed by atoms with Crippen molar-refractivity contribution in [3.05, 3.63) is 87.5 Å². The molecular formula is C26H30ClN3O7. The van der Waals surface area contributed by atoms with Gasteiger partial charge in [-0.15, -0.1) is 0 Å². The van der Waals surface area contributed by atoms with Crippen LogP contribution in [-0.4, -0.2) is 61.5 Å². The molecule has 0 bridgehead atoms. The van der Waals surface area contributed by atoms with Crippen LogP contribution in [0.15, 0.2) is 71.3 Å². The van der Waals surface area contributed by atoms with Gasteiger partial charge in [0.25, 0.3) is 0 Å². The monoisotopic (exact) mass is 531 g/mol. The molecule has 1 aliphatic heterocycles. The lowest BCUT2D eigenvalue weighted by molar-refractivity contribution is -0.139. The molecule has 1 aromatic carbocycles. The molecule has 2 heterocycles. The molecular weight excluding hydrogens is 502 g/mol. The molecule has 0 saturated carbocycles. The summed E-state index contributed by atoms with van der Waals surface area (Å²) in [5, 5.41) is 11.9. The second-order valence-corrected chi connectivity index (χ2v) is 8.02. The van der Waals surface area contributed by atoms with Crippen LogP contribution in [0.5, 0.6) is 0 Å². The van der Waals surface area contributed by atoms with Gasteiger partial charge < -0.3 is 30.4 Å². The van der Waals surface area contributed by atoms with Crippen molar-refractivity contribution in [2.75, 3.05) is 33.5 Å². The number of nitrogens with two attached hydrogens (primary N) is 1. The first-order valence-electron chi connectivity index (χ1n) is 11.4. The van der Waals surface area contributed by atoms with Crippen LogP contribution in [0.2, 0.25) is 5.02 Å². The van der Waals surface area contributed by atoms with Crippen LogP contribution in [-0.2, 0) is 23.8 Å². The number of benzene rings is 1. The maximum atomic E-state index is 12.9. The molecule has 1 atom stereocenters. The molecule has 2 aromatic rings. The van der Waals surface area contributed by atoms with Crippen LogP contribution in [0.1, 0.15) is 35.7 Å². The van der Waals surface area contributed by atoms with Gasteiger partial charge in [0.1, 0.15) is 0 Å². The summed E-state index contributed by atoms with van der Waals surface area (Å²) in [5.41, 5.74) is 7.92. The lowest BCUT2D eigenvalue weighted by atomic mass is 9.80. The van der Waals surface area contributed by atoms with Gasteiger partial charge >= 0.3 is 17.9 Å². The Kier molecular flexibility index (Phi) is 11.8. The Hall–Kier alpha value is -3.73. The number of aromatic nitrogens is 1. The van der Waals surface area contributed by atoms with Gasteiger partial charge in [0.05, 0.1) is 55.3 Å². The number of carboxylic acids is 1. The lowest BCUT2D eigenvalue weighted by Gasteiger charge is -2.31. The highest BCUT2D eigenvalue weighted by Gasteiger charge is 2.39. The fraction of sp³-hybridized carbons (Fsp3) is 0.308. The SMILES string of the molecule is CCOC(=O)C1=C(COCCN)NC(C)=C(C(=O)OC)C1c1ccccc1Cl.O=C(O)c1cccnc1. The van der Waals surface area contributed by atoms with Crippen molar-refractivity contribution in [1.82, 2.24) is 10.3 Å². The number of pyridine rings is 1. The number of aromatic carboxylic acids is 1. The number of hydrogen-bond donors (Lipinski definition) is 3. The molecule has 0 radical (unpaired) electrons. The highest BCUT2D eigenvalue weighted by atomic mass is 35.5. The summed E-state index contributed by atoms with van der Waals surface area (Å²) in [4.78, 5) is 39.2. The molecule has 3 rings (SSSR count). The third-order valence-corrected chi connectivity index (χ3v) is 5.52. The molecule has 11 heteroatoms. The van der Waals surface area contributed by atoms with E-state index in [0.717, 1.165) is 0 Å². The van der Waals surface area contributed by atoms with E-state index in [1.165, 1.54) is 25.6 Å². The summed E-state index contributed by atoms with van der Waals surface area (Å²) in [7, 11) is 1.29. The number of dihydropyridines is 1. The first kappa shape index (κ1) is 29.5. The van der Waals surface area contributed by atoms with Crippen molar-refractivity contribution in [3.63, 3.8) is 0 Å². The minimum absolute atomic E-state index is 0.109. The zero-order chi connectivity index (χ0) is 27.4. The van der Waals surface area contributed by atoms with Crippen LogP contribution >= 0.6 is 11.6 Å². The Labute approximate surface area is 220 Å². The Morgan fingerprint density at radius 3 is 2.41 bits per heavy atom. The maximum absolute atomic E-state index is 12.9. The molecule has 1 aromatic heterocycles. The number of nitrogens with one attached hydrogen (secondary N) is 1. The molecule has 0 aliphatic carbocycles. The molecule has 0 spiro atoms. The smallest absolute Gasteiger partial charge is 0.337 e. The number of nitrogens with zero attached hydrogens (tertiary/aromatic N) is 1. The van der Waals surface area contributed by atoms with E-state index in [1.807, 2.05) is 0 Å². The first-order chi connectivity index (χ1) is 17.8. The van der Waals surface area contributed by atoms with E-state index in [-0.39, 0.29) is 24.4 Å². The minimum Gasteiger partial charge on any atom is -0.478 e. The fourth-order valence-corrected chi connectivity index (χ4v) is 3.85. The third-order valence-electron chi connectivity index (χ3n) is 5.18. The second kappa shape index (κ2) is 14.7. The van der Waals surface area contributed by atoms with E-state index < -0.39 is 23.8 Å². The number of carbonyl (C=O) groups is 3. The van der Waals surface area contributed by atoms with E-state index in [1.54, 1.807) is 44.2 Å².